The standard InChI is InChI=1S/C16H30N2O2/c19-15-10-8-14(9-11-15)18-16(20)17-12-13-6-4-2-1-3-5-7-13/h13-15,19H,1-12H2,(H2,17,18,20). The van der Waals surface area contributed by atoms with E-state index in [1.165, 1.54) is 44.9 Å². The Morgan fingerprint density at radius 1 is 0.900 bits per heavy atom. The fraction of sp³-hybridized carbons (Fsp3) is 0.938. The van der Waals surface area contributed by atoms with E-state index in [1.807, 2.05) is 0 Å². The summed E-state index contributed by atoms with van der Waals surface area (Å²) in [7, 11) is 0. The van der Waals surface area contributed by atoms with Gasteiger partial charge in [0.25, 0.3) is 0 Å². The average molecular weight is 282 g/mol. The van der Waals surface area contributed by atoms with E-state index in [9.17, 15) is 9.90 Å². The minimum Gasteiger partial charge on any atom is -0.393 e. The monoisotopic (exact) mass is 282 g/mol. The van der Waals surface area contributed by atoms with Gasteiger partial charge in [-0.15, -0.1) is 0 Å². The van der Waals surface area contributed by atoms with Gasteiger partial charge >= 0.3 is 6.03 Å². The van der Waals surface area contributed by atoms with Crippen molar-refractivity contribution >= 4 is 6.03 Å². The summed E-state index contributed by atoms with van der Waals surface area (Å²) in [6.07, 6.45) is 12.5. The first-order valence-corrected chi connectivity index (χ1v) is 8.46. The molecule has 2 aliphatic rings. The lowest BCUT2D eigenvalue weighted by Gasteiger charge is -2.27. The van der Waals surface area contributed by atoms with Crippen LogP contribution in [0.4, 0.5) is 4.79 Å². The smallest absolute Gasteiger partial charge is 0.315 e. The molecule has 0 heterocycles. The Bertz CT molecular complexity index is 280. The highest BCUT2D eigenvalue weighted by Gasteiger charge is 2.21. The van der Waals surface area contributed by atoms with Crippen molar-refractivity contribution in [1.29, 1.82) is 0 Å². The first-order valence-electron chi connectivity index (χ1n) is 8.46. The molecular weight excluding hydrogens is 252 g/mol. The zero-order chi connectivity index (χ0) is 14.2. The Hall–Kier alpha value is -0.770. The van der Waals surface area contributed by atoms with Crippen molar-refractivity contribution in [2.45, 2.75) is 82.8 Å². The van der Waals surface area contributed by atoms with Crippen molar-refractivity contribution in [3.63, 3.8) is 0 Å². The molecule has 0 spiro atoms. The van der Waals surface area contributed by atoms with E-state index in [0.29, 0.717) is 5.92 Å². The molecular formula is C16H30N2O2. The molecule has 0 radical (unpaired) electrons. The van der Waals surface area contributed by atoms with Gasteiger partial charge in [0, 0.05) is 12.6 Å². The Labute approximate surface area is 122 Å². The molecule has 0 aromatic heterocycles. The Morgan fingerprint density at radius 2 is 1.50 bits per heavy atom. The predicted octanol–water partition coefficient (Wildman–Crippen LogP) is 2.95. The van der Waals surface area contributed by atoms with Crippen molar-refractivity contribution in [2.75, 3.05) is 6.54 Å². The number of aliphatic hydroxyl groups excluding tert-OH is 1. The van der Waals surface area contributed by atoms with Gasteiger partial charge in [-0.2, -0.15) is 0 Å². The minimum absolute atomic E-state index is 0.0200. The van der Waals surface area contributed by atoms with Crippen LogP contribution in [-0.2, 0) is 0 Å². The molecule has 0 aliphatic heterocycles. The second kappa shape index (κ2) is 8.50. The van der Waals surface area contributed by atoms with Crippen LogP contribution in [0.15, 0.2) is 0 Å². The SMILES string of the molecule is O=C(NCC1CCCCCCC1)NC1CCC(O)CC1. The van der Waals surface area contributed by atoms with Crippen molar-refractivity contribution in [3.8, 4) is 0 Å². The van der Waals surface area contributed by atoms with Crippen LogP contribution in [0.2, 0.25) is 0 Å². The quantitative estimate of drug-likeness (QED) is 0.745. The van der Waals surface area contributed by atoms with Crippen LogP contribution in [0.1, 0.15) is 70.6 Å². The Morgan fingerprint density at radius 3 is 2.15 bits per heavy atom. The van der Waals surface area contributed by atoms with Gasteiger partial charge < -0.3 is 15.7 Å². The maximum Gasteiger partial charge on any atom is 0.315 e. The number of hydrogen-bond donors (Lipinski definition) is 3. The van der Waals surface area contributed by atoms with Gasteiger partial charge in [-0.1, -0.05) is 32.1 Å². The maximum absolute atomic E-state index is 11.9. The van der Waals surface area contributed by atoms with Crippen LogP contribution in [-0.4, -0.2) is 29.8 Å². The third kappa shape index (κ3) is 5.70. The number of aliphatic hydroxyl groups is 1. The lowest BCUT2D eigenvalue weighted by molar-refractivity contribution is 0.117. The van der Waals surface area contributed by atoms with Gasteiger partial charge in [-0.25, -0.2) is 4.79 Å². The molecule has 0 saturated heterocycles. The van der Waals surface area contributed by atoms with E-state index in [4.69, 9.17) is 0 Å². The summed E-state index contributed by atoms with van der Waals surface area (Å²) in [6, 6.07) is 0.226. The maximum atomic E-state index is 11.9. The van der Waals surface area contributed by atoms with Crippen molar-refractivity contribution < 1.29 is 9.90 Å². The second-order valence-electron chi connectivity index (χ2n) is 6.57. The Balaban J connectivity index is 1.61. The fourth-order valence-corrected chi connectivity index (χ4v) is 3.44. The van der Waals surface area contributed by atoms with E-state index in [2.05, 4.69) is 10.6 Å². The largest absolute Gasteiger partial charge is 0.393 e. The van der Waals surface area contributed by atoms with E-state index < -0.39 is 0 Å². The number of amides is 2. The van der Waals surface area contributed by atoms with Gasteiger partial charge in [-0.05, 0) is 44.4 Å². The topological polar surface area (TPSA) is 61.4 Å². The van der Waals surface area contributed by atoms with Gasteiger partial charge in [0.05, 0.1) is 6.10 Å². The summed E-state index contributed by atoms with van der Waals surface area (Å²) < 4.78 is 0. The van der Waals surface area contributed by atoms with Crippen LogP contribution in [0.5, 0.6) is 0 Å². The van der Waals surface area contributed by atoms with Crippen LogP contribution >= 0.6 is 0 Å². The number of rotatable bonds is 3. The molecule has 2 amide bonds. The van der Waals surface area contributed by atoms with Crippen LogP contribution in [0.25, 0.3) is 0 Å². The molecule has 2 aliphatic carbocycles. The molecule has 0 atom stereocenters. The minimum atomic E-state index is -0.161. The average Bonchev–Trinajstić information content (AvgIpc) is 2.40. The number of nitrogens with one attached hydrogen (secondary N) is 2. The number of carbonyl (C=O) groups is 1. The first-order chi connectivity index (χ1) is 9.74. The number of urea groups is 1. The lowest BCUT2D eigenvalue weighted by Crippen LogP contribution is -2.45. The summed E-state index contributed by atoms with van der Waals surface area (Å²) in [5, 5.41) is 15.5. The summed E-state index contributed by atoms with van der Waals surface area (Å²) in [5.74, 6) is 0.661. The molecule has 2 saturated carbocycles. The third-order valence-electron chi connectivity index (χ3n) is 4.81. The lowest BCUT2D eigenvalue weighted by atomic mass is 9.91. The zero-order valence-corrected chi connectivity index (χ0v) is 12.6. The second-order valence-corrected chi connectivity index (χ2v) is 6.57. The van der Waals surface area contributed by atoms with Crippen molar-refractivity contribution in [2.24, 2.45) is 5.92 Å². The molecule has 116 valence electrons. The highest BCUT2D eigenvalue weighted by Crippen LogP contribution is 2.21. The van der Waals surface area contributed by atoms with Crippen LogP contribution in [0.3, 0.4) is 0 Å². The molecule has 4 nitrogen and oxygen atoms in total. The van der Waals surface area contributed by atoms with Gasteiger partial charge in [0.1, 0.15) is 0 Å². The van der Waals surface area contributed by atoms with E-state index in [-0.39, 0.29) is 18.2 Å². The summed E-state index contributed by atoms with van der Waals surface area (Å²) in [5.41, 5.74) is 0. The molecule has 0 aromatic carbocycles. The van der Waals surface area contributed by atoms with Crippen LogP contribution < -0.4 is 10.6 Å². The fourth-order valence-electron chi connectivity index (χ4n) is 3.44. The summed E-state index contributed by atoms with van der Waals surface area (Å²) in [4.78, 5) is 11.9. The number of hydrogen-bond acceptors (Lipinski definition) is 2. The molecule has 0 aromatic rings. The van der Waals surface area contributed by atoms with E-state index >= 15 is 0 Å². The van der Waals surface area contributed by atoms with Gasteiger partial charge in [0.2, 0.25) is 0 Å². The first kappa shape index (κ1) is 15.6. The molecule has 2 rings (SSSR count). The summed E-state index contributed by atoms with van der Waals surface area (Å²) >= 11 is 0. The molecule has 3 N–H and O–H groups in total. The Kier molecular flexibility index (Phi) is 6.64. The van der Waals surface area contributed by atoms with Crippen LogP contribution in [0, 0.1) is 5.92 Å². The van der Waals surface area contributed by atoms with Crippen molar-refractivity contribution in [3.05, 3.63) is 0 Å². The third-order valence-corrected chi connectivity index (χ3v) is 4.81. The predicted molar refractivity (Wildman–Crippen MR) is 80.6 cm³/mol. The molecule has 20 heavy (non-hydrogen) atoms. The zero-order valence-electron chi connectivity index (χ0n) is 12.6. The van der Waals surface area contributed by atoms with Gasteiger partial charge in [0.15, 0.2) is 0 Å². The highest BCUT2D eigenvalue weighted by atomic mass is 16.3. The van der Waals surface area contributed by atoms with Crippen molar-refractivity contribution in [1.82, 2.24) is 10.6 Å². The molecule has 0 unspecified atom stereocenters. The number of carbonyl (C=O) groups excluding carboxylic acids is 1. The molecule has 2 fully saturated rings. The summed E-state index contributed by atoms with van der Waals surface area (Å²) in [6.45, 7) is 0.821. The van der Waals surface area contributed by atoms with Gasteiger partial charge in [-0.3, -0.25) is 0 Å². The normalized spacial score (nSPS) is 29.2. The highest BCUT2D eigenvalue weighted by molar-refractivity contribution is 5.74. The van der Waals surface area contributed by atoms with E-state index in [0.717, 1.165) is 32.2 Å². The molecule has 4 heteroatoms. The molecule has 0 bridgehead atoms. The van der Waals surface area contributed by atoms with E-state index in [1.54, 1.807) is 0 Å².